The maximum Gasteiger partial charge on any atom is 0.191 e. The van der Waals surface area contributed by atoms with Crippen LogP contribution < -0.4 is 10.6 Å². The first-order valence-corrected chi connectivity index (χ1v) is 6.34. The van der Waals surface area contributed by atoms with Gasteiger partial charge in [0.25, 0.3) is 0 Å². The Morgan fingerprint density at radius 2 is 2.06 bits per heavy atom. The van der Waals surface area contributed by atoms with Crippen LogP contribution in [0.3, 0.4) is 0 Å². The van der Waals surface area contributed by atoms with Crippen molar-refractivity contribution in [2.24, 2.45) is 4.99 Å². The van der Waals surface area contributed by atoms with Gasteiger partial charge in [-0.3, -0.25) is 4.99 Å². The van der Waals surface area contributed by atoms with Crippen molar-refractivity contribution in [2.75, 3.05) is 13.6 Å². The summed E-state index contributed by atoms with van der Waals surface area (Å²) in [5, 5.41) is 6.28. The van der Waals surface area contributed by atoms with Crippen LogP contribution in [0.4, 0.5) is 4.39 Å². The van der Waals surface area contributed by atoms with Gasteiger partial charge in [-0.15, -0.1) is 24.0 Å². The predicted octanol–water partition coefficient (Wildman–Crippen LogP) is 3.28. The molecule has 0 bridgehead atoms. The summed E-state index contributed by atoms with van der Waals surface area (Å²) in [6.07, 6.45) is 1.03. The van der Waals surface area contributed by atoms with Gasteiger partial charge in [0, 0.05) is 24.6 Å². The number of halogens is 3. The third kappa shape index (κ3) is 6.53. The van der Waals surface area contributed by atoms with E-state index in [0.29, 0.717) is 6.54 Å². The molecule has 0 aliphatic rings. The van der Waals surface area contributed by atoms with Gasteiger partial charge in [0.1, 0.15) is 5.82 Å². The predicted molar refractivity (Wildman–Crippen MR) is 88.0 cm³/mol. The van der Waals surface area contributed by atoms with Crippen molar-refractivity contribution in [1.82, 2.24) is 10.6 Å². The summed E-state index contributed by atoms with van der Waals surface area (Å²) < 4.78 is 13.9. The number of rotatable bonds is 4. The van der Waals surface area contributed by atoms with Gasteiger partial charge in [-0.05, 0) is 30.2 Å². The van der Waals surface area contributed by atoms with Crippen LogP contribution in [-0.4, -0.2) is 19.6 Å². The van der Waals surface area contributed by atoms with Crippen LogP contribution in [-0.2, 0) is 6.54 Å². The summed E-state index contributed by atoms with van der Waals surface area (Å²) in [4.78, 5) is 4.07. The Hall–Kier alpha value is -0.370. The molecule has 0 amide bonds. The van der Waals surface area contributed by atoms with Gasteiger partial charge in [0.2, 0.25) is 0 Å². The molecule has 0 radical (unpaired) electrons. The molecule has 3 nitrogen and oxygen atoms in total. The number of guanidine groups is 1. The van der Waals surface area contributed by atoms with Crippen molar-refractivity contribution >= 4 is 45.9 Å². The Kier molecular flexibility index (Phi) is 9.35. The van der Waals surface area contributed by atoms with Crippen molar-refractivity contribution < 1.29 is 4.39 Å². The van der Waals surface area contributed by atoms with Crippen molar-refractivity contribution in [3.63, 3.8) is 0 Å². The highest BCUT2D eigenvalue weighted by atomic mass is 127. The summed E-state index contributed by atoms with van der Waals surface area (Å²) in [5.41, 5.74) is 0.872. The summed E-state index contributed by atoms with van der Waals surface area (Å²) in [7, 11) is 1.71. The minimum atomic E-state index is -0.243. The number of hydrogen-bond acceptors (Lipinski definition) is 1. The summed E-state index contributed by atoms with van der Waals surface area (Å²) in [5.74, 6) is 0.486. The lowest BCUT2D eigenvalue weighted by atomic mass is 10.2. The molecule has 1 rings (SSSR count). The third-order valence-electron chi connectivity index (χ3n) is 2.15. The van der Waals surface area contributed by atoms with E-state index in [1.807, 2.05) is 6.07 Å². The Morgan fingerprint density at radius 3 is 2.61 bits per heavy atom. The molecular formula is C12H18BrFIN3. The highest BCUT2D eigenvalue weighted by Gasteiger charge is 2.00. The summed E-state index contributed by atoms with van der Waals surface area (Å²) in [6.45, 7) is 3.50. The van der Waals surface area contributed by atoms with E-state index < -0.39 is 0 Å². The minimum Gasteiger partial charge on any atom is -0.356 e. The Labute approximate surface area is 133 Å². The van der Waals surface area contributed by atoms with Crippen LogP contribution in [0.1, 0.15) is 18.9 Å². The molecule has 0 aromatic heterocycles. The average molecular weight is 430 g/mol. The fraction of sp³-hybridized carbons (Fsp3) is 0.417. The molecule has 0 atom stereocenters. The molecule has 0 heterocycles. The number of hydrogen-bond donors (Lipinski definition) is 2. The lowest BCUT2D eigenvalue weighted by Gasteiger charge is -2.11. The Bertz CT molecular complexity index is 379. The topological polar surface area (TPSA) is 36.4 Å². The minimum absolute atomic E-state index is 0. The molecule has 0 saturated heterocycles. The van der Waals surface area contributed by atoms with E-state index in [1.54, 1.807) is 7.05 Å². The first-order chi connectivity index (χ1) is 8.15. The van der Waals surface area contributed by atoms with Crippen LogP contribution in [0.25, 0.3) is 0 Å². The van der Waals surface area contributed by atoms with E-state index in [-0.39, 0.29) is 29.8 Å². The zero-order valence-corrected chi connectivity index (χ0v) is 14.4. The highest BCUT2D eigenvalue weighted by Crippen LogP contribution is 2.14. The van der Waals surface area contributed by atoms with Crippen LogP contribution in [0.5, 0.6) is 0 Å². The van der Waals surface area contributed by atoms with Gasteiger partial charge >= 0.3 is 0 Å². The van der Waals surface area contributed by atoms with Crippen molar-refractivity contribution in [3.05, 3.63) is 34.1 Å². The molecule has 0 spiro atoms. The molecule has 1 aromatic carbocycles. The molecule has 1 aromatic rings. The zero-order chi connectivity index (χ0) is 12.7. The molecule has 6 heteroatoms. The molecule has 0 fully saturated rings. The summed E-state index contributed by atoms with van der Waals surface area (Å²) >= 11 is 3.27. The highest BCUT2D eigenvalue weighted by molar-refractivity contribution is 14.0. The monoisotopic (exact) mass is 429 g/mol. The van der Waals surface area contributed by atoms with E-state index in [0.717, 1.165) is 29.0 Å². The Balaban J connectivity index is 0.00000289. The first-order valence-electron chi connectivity index (χ1n) is 5.55. The second kappa shape index (κ2) is 9.55. The van der Waals surface area contributed by atoms with Gasteiger partial charge in [-0.25, -0.2) is 4.39 Å². The van der Waals surface area contributed by atoms with E-state index in [1.165, 1.54) is 12.1 Å². The normalized spacial score (nSPS) is 10.8. The second-order valence-corrected chi connectivity index (χ2v) is 4.55. The SMILES string of the molecule is CCCNC(=NC)NCc1cc(F)cc(Br)c1.I. The largest absolute Gasteiger partial charge is 0.356 e. The molecule has 18 heavy (non-hydrogen) atoms. The van der Waals surface area contributed by atoms with Gasteiger partial charge in [-0.2, -0.15) is 0 Å². The van der Waals surface area contributed by atoms with Crippen LogP contribution >= 0.6 is 39.9 Å². The fourth-order valence-electron chi connectivity index (χ4n) is 1.36. The van der Waals surface area contributed by atoms with Crippen molar-refractivity contribution in [1.29, 1.82) is 0 Å². The third-order valence-corrected chi connectivity index (χ3v) is 2.61. The van der Waals surface area contributed by atoms with Gasteiger partial charge < -0.3 is 10.6 Å². The van der Waals surface area contributed by atoms with Crippen molar-refractivity contribution in [2.45, 2.75) is 19.9 Å². The van der Waals surface area contributed by atoms with E-state index in [2.05, 4.69) is 38.5 Å². The van der Waals surface area contributed by atoms with Crippen LogP contribution in [0.15, 0.2) is 27.7 Å². The number of nitrogens with one attached hydrogen (secondary N) is 2. The molecule has 0 aliphatic heterocycles. The van der Waals surface area contributed by atoms with Gasteiger partial charge in [0.15, 0.2) is 5.96 Å². The molecule has 2 N–H and O–H groups in total. The first kappa shape index (κ1) is 17.6. The molecule has 102 valence electrons. The van der Waals surface area contributed by atoms with E-state index in [4.69, 9.17) is 0 Å². The lowest BCUT2D eigenvalue weighted by molar-refractivity contribution is 0.623. The molecular weight excluding hydrogens is 412 g/mol. The van der Waals surface area contributed by atoms with Crippen LogP contribution in [0.2, 0.25) is 0 Å². The van der Waals surface area contributed by atoms with E-state index >= 15 is 0 Å². The van der Waals surface area contributed by atoms with Gasteiger partial charge in [-0.1, -0.05) is 22.9 Å². The Morgan fingerprint density at radius 1 is 1.33 bits per heavy atom. The van der Waals surface area contributed by atoms with Gasteiger partial charge in [0.05, 0.1) is 0 Å². The quantitative estimate of drug-likeness (QED) is 0.437. The molecule has 0 saturated carbocycles. The van der Waals surface area contributed by atoms with E-state index in [9.17, 15) is 4.39 Å². The average Bonchev–Trinajstić information content (AvgIpc) is 2.28. The number of nitrogens with zero attached hydrogens (tertiary/aromatic N) is 1. The maximum absolute atomic E-state index is 13.1. The molecule has 0 unspecified atom stereocenters. The number of aliphatic imine (C=N–C) groups is 1. The fourth-order valence-corrected chi connectivity index (χ4v) is 1.88. The zero-order valence-electron chi connectivity index (χ0n) is 10.5. The second-order valence-electron chi connectivity index (χ2n) is 3.63. The lowest BCUT2D eigenvalue weighted by Crippen LogP contribution is -2.37. The smallest absolute Gasteiger partial charge is 0.191 e. The number of benzene rings is 1. The van der Waals surface area contributed by atoms with Crippen molar-refractivity contribution in [3.8, 4) is 0 Å². The molecule has 0 aliphatic carbocycles. The van der Waals surface area contributed by atoms with Crippen LogP contribution in [0, 0.1) is 5.82 Å². The standard InChI is InChI=1S/C12H17BrFN3.HI/c1-3-4-16-12(15-2)17-8-9-5-10(13)7-11(14)6-9;/h5-7H,3-4,8H2,1-2H3,(H2,15,16,17);1H. The maximum atomic E-state index is 13.1. The summed E-state index contributed by atoms with van der Waals surface area (Å²) in [6, 6.07) is 4.82.